The minimum Gasteiger partial charge on any atom is -0.347 e. The summed E-state index contributed by atoms with van der Waals surface area (Å²) in [6.45, 7) is 5.52. The van der Waals surface area contributed by atoms with Crippen molar-refractivity contribution in [2.45, 2.75) is 6.92 Å². The number of nitrogens with zero attached hydrogens (tertiary/aromatic N) is 2. The van der Waals surface area contributed by atoms with E-state index < -0.39 is 0 Å². The van der Waals surface area contributed by atoms with Gasteiger partial charge in [0.1, 0.15) is 5.82 Å². The number of aromatic nitrogens is 3. The second-order valence-corrected chi connectivity index (χ2v) is 2.78. The Hall–Kier alpha value is -1.84. The van der Waals surface area contributed by atoms with E-state index in [1.165, 1.54) is 0 Å². The van der Waals surface area contributed by atoms with Crippen LogP contribution in [0.2, 0.25) is 0 Å². The lowest BCUT2D eigenvalue weighted by molar-refractivity contribution is 1.10. The lowest BCUT2D eigenvalue weighted by Crippen LogP contribution is -1.92. The maximum Gasteiger partial charge on any atom is 0.130 e. The molecular weight excluding hydrogens is 164 g/mol. The minimum atomic E-state index is 0.793. The molecule has 0 aromatic carbocycles. The number of nitrogens with one attached hydrogen (secondary N) is 2. The molecule has 0 bridgehead atoms. The van der Waals surface area contributed by atoms with Crippen LogP contribution in [-0.2, 0) is 0 Å². The molecule has 2 N–H and O–H groups in total. The zero-order valence-corrected chi connectivity index (χ0v) is 7.33. The Morgan fingerprint density at radius 3 is 3.23 bits per heavy atom. The standard InChI is InChI=1S/C9H10N4/c1-3-10-8-4-7-5-11-13-9(7)6(2)12-8/h3-5H,1H2,2H3,(H,10,12)(H,11,13). The first kappa shape index (κ1) is 7.79. The predicted octanol–water partition coefficient (Wildman–Crippen LogP) is 1.82. The van der Waals surface area contributed by atoms with Crippen molar-refractivity contribution >= 4 is 16.7 Å². The number of hydrogen-bond donors (Lipinski definition) is 2. The number of aryl methyl sites for hydroxylation is 1. The van der Waals surface area contributed by atoms with Crippen LogP contribution in [0.3, 0.4) is 0 Å². The number of H-pyrrole nitrogens is 1. The molecule has 13 heavy (non-hydrogen) atoms. The van der Waals surface area contributed by atoms with Crippen LogP contribution in [0.25, 0.3) is 10.9 Å². The van der Waals surface area contributed by atoms with Crippen molar-refractivity contribution in [1.82, 2.24) is 15.2 Å². The zero-order valence-electron chi connectivity index (χ0n) is 7.33. The summed E-state index contributed by atoms with van der Waals surface area (Å²) < 4.78 is 0. The summed E-state index contributed by atoms with van der Waals surface area (Å²) in [6, 6.07) is 1.92. The summed E-state index contributed by atoms with van der Waals surface area (Å²) in [5, 5.41) is 10.8. The van der Waals surface area contributed by atoms with Gasteiger partial charge in [0.2, 0.25) is 0 Å². The van der Waals surface area contributed by atoms with Crippen LogP contribution in [0.4, 0.5) is 5.82 Å². The van der Waals surface area contributed by atoms with Crippen molar-refractivity contribution in [3.8, 4) is 0 Å². The second-order valence-electron chi connectivity index (χ2n) is 2.78. The largest absolute Gasteiger partial charge is 0.347 e. The van der Waals surface area contributed by atoms with E-state index in [0.717, 1.165) is 22.4 Å². The maximum absolute atomic E-state index is 4.31. The molecule has 0 atom stereocenters. The molecule has 0 aliphatic heterocycles. The fourth-order valence-electron chi connectivity index (χ4n) is 1.29. The van der Waals surface area contributed by atoms with Crippen LogP contribution in [0.15, 0.2) is 25.0 Å². The Kier molecular flexibility index (Phi) is 1.73. The van der Waals surface area contributed by atoms with E-state index in [-0.39, 0.29) is 0 Å². The molecular formula is C9H10N4. The van der Waals surface area contributed by atoms with Gasteiger partial charge in [0, 0.05) is 5.39 Å². The summed E-state index contributed by atoms with van der Waals surface area (Å²) in [5.41, 5.74) is 1.91. The topological polar surface area (TPSA) is 53.6 Å². The monoisotopic (exact) mass is 174 g/mol. The first-order chi connectivity index (χ1) is 6.31. The summed E-state index contributed by atoms with van der Waals surface area (Å²) >= 11 is 0. The van der Waals surface area contributed by atoms with Crippen molar-refractivity contribution in [1.29, 1.82) is 0 Å². The number of rotatable bonds is 2. The van der Waals surface area contributed by atoms with Gasteiger partial charge in [-0.15, -0.1) is 0 Å². The fourth-order valence-corrected chi connectivity index (χ4v) is 1.29. The van der Waals surface area contributed by atoms with Crippen LogP contribution < -0.4 is 5.32 Å². The van der Waals surface area contributed by atoms with Gasteiger partial charge in [-0.2, -0.15) is 5.10 Å². The van der Waals surface area contributed by atoms with Crippen LogP contribution in [0, 0.1) is 6.92 Å². The Morgan fingerprint density at radius 2 is 2.46 bits per heavy atom. The van der Waals surface area contributed by atoms with E-state index in [4.69, 9.17) is 0 Å². The van der Waals surface area contributed by atoms with Gasteiger partial charge in [0.05, 0.1) is 17.4 Å². The molecule has 0 aliphatic carbocycles. The average molecular weight is 174 g/mol. The third-order valence-electron chi connectivity index (χ3n) is 1.86. The van der Waals surface area contributed by atoms with Gasteiger partial charge in [-0.25, -0.2) is 4.98 Å². The van der Waals surface area contributed by atoms with Crippen LogP contribution in [-0.4, -0.2) is 15.2 Å². The second kappa shape index (κ2) is 2.90. The molecule has 4 nitrogen and oxygen atoms in total. The van der Waals surface area contributed by atoms with Crippen LogP contribution in [0.5, 0.6) is 0 Å². The predicted molar refractivity (Wildman–Crippen MR) is 52.4 cm³/mol. The highest BCUT2D eigenvalue weighted by Gasteiger charge is 2.02. The number of hydrogen-bond acceptors (Lipinski definition) is 3. The van der Waals surface area contributed by atoms with Crippen molar-refractivity contribution in [3.63, 3.8) is 0 Å². The highest BCUT2D eigenvalue weighted by atomic mass is 15.1. The molecule has 0 fully saturated rings. The van der Waals surface area contributed by atoms with Gasteiger partial charge in [-0.3, -0.25) is 5.10 Å². The Labute approximate surface area is 75.7 Å². The maximum atomic E-state index is 4.31. The van der Waals surface area contributed by atoms with Gasteiger partial charge in [0.15, 0.2) is 0 Å². The highest BCUT2D eigenvalue weighted by molar-refractivity contribution is 5.82. The molecule has 0 aliphatic rings. The number of aromatic amines is 1. The Balaban J connectivity index is 2.62. The smallest absolute Gasteiger partial charge is 0.130 e. The van der Waals surface area contributed by atoms with E-state index in [9.17, 15) is 0 Å². The summed E-state index contributed by atoms with van der Waals surface area (Å²) in [7, 11) is 0. The fraction of sp³-hybridized carbons (Fsp3) is 0.111. The van der Waals surface area contributed by atoms with Crippen LogP contribution >= 0.6 is 0 Å². The third kappa shape index (κ3) is 1.26. The summed E-state index contributed by atoms with van der Waals surface area (Å²) in [5.74, 6) is 0.793. The van der Waals surface area contributed by atoms with Crippen molar-refractivity contribution in [2.75, 3.05) is 5.32 Å². The quantitative estimate of drug-likeness (QED) is 0.730. The molecule has 4 heteroatoms. The molecule has 0 amide bonds. The third-order valence-corrected chi connectivity index (χ3v) is 1.86. The molecule has 0 unspecified atom stereocenters. The van der Waals surface area contributed by atoms with E-state index >= 15 is 0 Å². The van der Waals surface area contributed by atoms with Gasteiger partial charge < -0.3 is 5.32 Å². The number of anilines is 1. The van der Waals surface area contributed by atoms with E-state index in [1.807, 2.05) is 13.0 Å². The molecule has 0 spiro atoms. The molecule has 0 saturated carbocycles. The first-order valence-electron chi connectivity index (χ1n) is 3.99. The number of fused-ring (bicyclic) bond motifs is 1. The molecule has 66 valence electrons. The van der Waals surface area contributed by atoms with Crippen molar-refractivity contribution < 1.29 is 0 Å². The lowest BCUT2D eigenvalue weighted by atomic mass is 10.2. The normalized spacial score (nSPS) is 10.2. The molecule has 2 heterocycles. The van der Waals surface area contributed by atoms with E-state index in [0.29, 0.717) is 0 Å². The first-order valence-corrected chi connectivity index (χ1v) is 3.99. The van der Waals surface area contributed by atoms with Gasteiger partial charge in [0.25, 0.3) is 0 Å². The average Bonchev–Trinajstić information content (AvgIpc) is 2.53. The number of pyridine rings is 1. The molecule has 0 radical (unpaired) electrons. The zero-order chi connectivity index (χ0) is 9.26. The molecule has 2 aromatic heterocycles. The van der Waals surface area contributed by atoms with Gasteiger partial charge >= 0.3 is 0 Å². The van der Waals surface area contributed by atoms with Crippen LogP contribution in [0.1, 0.15) is 5.69 Å². The van der Waals surface area contributed by atoms with Crippen molar-refractivity contribution in [2.24, 2.45) is 0 Å². The summed E-state index contributed by atoms with van der Waals surface area (Å²) in [6.07, 6.45) is 3.38. The lowest BCUT2D eigenvalue weighted by Gasteiger charge is -2.01. The minimum absolute atomic E-state index is 0.793. The Morgan fingerprint density at radius 1 is 1.62 bits per heavy atom. The molecule has 2 aromatic rings. The van der Waals surface area contributed by atoms with Gasteiger partial charge in [-0.1, -0.05) is 6.58 Å². The Bertz CT molecular complexity index is 444. The van der Waals surface area contributed by atoms with E-state index in [2.05, 4.69) is 27.1 Å². The summed E-state index contributed by atoms with van der Waals surface area (Å²) in [4.78, 5) is 4.31. The highest BCUT2D eigenvalue weighted by Crippen LogP contribution is 2.17. The molecule has 2 rings (SSSR count). The van der Waals surface area contributed by atoms with Crippen molar-refractivity contribution in [3.05, 3.63) is 30.7 Å². The SMILES string of the molecule is C=CNc1cc2cn[nH]c2c(C)n1. The van der Waals surface area contributed by atoms with Gasteiger partial charge in [-0.05, 0) is 19.2 Å². The van der Waals surface area contributed by atoms with E-state index in [1.54, 1.807) is 12.4 Å². The molecule has 0 saturated heterocycles.